The van der Waals surface area contributed by atoms with Gasteiger partial charge in [-0.1, -0.05) is 12.8 Å². The number of esters is 1. The molecule has 2 aliphatic heterocycles. The summed E-state index contributed by atoms with van der Waals surface area (Å²) in [6.45, 7) is 3.93. The van der Waals surface area contributed by atoms with Crippen LogP contribution in [0.3, 0.4) is 0 Å². The Balaban J connectivity index is 1.68. The van der Waals surface area contributed by atoms with Gasteiger partial charge in [0.15, 0.2) is 6.10 Å². The number of aryl methyl sites for hydroxylation is 1. The largest absolute Gasteiger partial charge is 0.448 e. The third-order valence-electron chi connectivity index (χ3n) is 5.44. The van der Waals surface area contributed by atoms with Gasteiger partial charge in [0.1, 0.15) is 10.6 Å². The molecule has 28 heavy (non-hydrogen) atoms. The highest BCUT2D eigenvalue weighted by atomic mass is 32.2. The van der Waals surface area contributed by atoms with Crippen LogP contribution in [0.2, 0.25) is 0 Å². The van der Waals surface area contributed by atoms with Gasteiger partial charge in [-0.2, -0.15) is 4.31 Å². The Kier molecular flexibility index (Phi) is 6.44. The van der Waals surface area contributed by atoms with Crippen molar-refractivity contribution in [3.05, 3.63) is 18.0 Å². The van der Waals surface area contributed by atoms with Gasteiger partial charge in [-0.05, 0) is 38.7 Å². The molecule has 0 bridgehead atoms. The molecule has 1 aromatic rings. The summed E-state index contributed by atoms with van der Waals surface area (Å²) in [6, 6.07) is 1.33. The van der Waals surface area contributed by atoms with E-state index in [1.54, 1.807) is 18.9 Å². The van der Waals surface area contributed by atoms with Crippen LogP contribution in [0.4, 0.5) is 0 Å². The Hall–Kier alpha value is -1.87. The van der Waals surface area contributed by atoms with E-state index >= 15 is 0 Å². The van der Waals surface area contributed by atoms with Crippen molar-refractivity contribution < 1.29 is 22.7 Å². The minimum Gasteiger partial charge on any atom is -0.448 e. The molecule has 1 aromatic heterocycles. The highest BCUT2D eigenvalue weighted by Crippen LogP contribution is 2.23. The molecule has 2 saturated heterocycles. The summed E-state index contributed by atoms with van der Waals surface area (Å²) < 4.78 is 33.6. The maximum atomic E-state index is 12.7. The van der Waals surface area contributed by atoms with Gasteiger partial charge in [-0.25, -0.2) is 13.2 Å². The van der Waals surface area contributed by atoms with Crippen molar-refractivity contribution in [3.8, 4) is 0 Å². The molecule has 8 nitrogen and oxygen atoms in total. The van der Waals surface area contributed by atoms with Gasteiger partial charge in [0, 0.05) is 39.4 Å². The number of rotatable bonds is 5. The van der Waals surface area contributed by atoms with Crippen molar-refractivity contribution in [1.82, 2.24) is 13.8 Å². The zero-order valence-electron chi connectivity index (χ0n) is 16.6. The van der Waals surface area contributed by atoms with Gasteiger partial charge in [-0.3, -0.25) is 4.79 Å². The standard InChI is InChI=1S/C19H29N3O5S/c1-15(18(23)21-9-5-3-4-6-10-21)27-19(24)17-13-16(14-20(17)2)28(25,26)22-11-7-8-12-22/h13-15H,3-12H2,1-2H3. The molecule has 1 amide bonds. The molecular weight excluding hydrogens is 382 g/mol. The molecular formula is C19H29N3O5S. The van der Waals surface area contributed by atoms with E-state index in [-0.39, 0.29) is 16.5 Å². The number of amides is 1. The van der Waals surface area contributed by atoms with E-state index in [0.717, 1.165) is 38.5 Å². The number of nitrogens with zero attached hydrogens (tertiary/aromatic N) is 3. The monoisotopic (exact) mass is 411 g/mol. The lowest BCUT2D eigenvalue weighted by Gasteiger charge is -2.24. The van der Waals surface area contributed by atoms with Crippen LogP contribution in [0.25, 0.3) is 0 Å². The van der Waals surface area contributed by atoms with Gasteiger partial charge >= 0.3 is 5.97 Å². The number of ether oxygens (including phenoxy) is 1. The van der Waals surface area contributed by atoms with E-state index in [2.05, 4.69) is 0 Å². The summed E-state index contributed by atoms with van der Waals surface area (Å²) in [7, 11) is -2.01. The maximum absolute atomic E-state index is 12.7. The number of aromatic nitrogens is 1. The van der Waals surface area contributed by atoms with Crippen LogP contribution >= 0.6 is 0 Å². The van der Waals surface area contributed by atoms with Gasteiger partial charge in [0.2, 0.25) is 10.0 Å². The third kappa shape index (κ3) is 4.41. The molecule has 3 heterocycles. The van der Waals surface area contributed by atoms with E-state index in [0.29, 0.717) is 26.2 Å². The predicted octanol–water partition coefficient (Wildman–Crippen LogP) is 1.76. The van der Waals surface area contributed by atoms with Gasteiger partial charge in [-0.15, -0.1) is 0 Å². The summed E-state index contributed by atoms with van der Waals surface area (Å²) in [5.74, 6) is -0.893. The molecule has 0 radical (unpaired) electrons. The highest BCUT2D eigenvalue weighted by Gasteiger charge is 2.31. The minimum absolute atomic E-state index is 0.0790. The maximum Gasteiger partial charge on any atom is 0.355 e. The number of carbonyl (C=O) groups excluding carboxylic acids is 2. The van der Waals surface area contributed by atoms with E-state index in [1.807, 2.05) is 0 Å². The van der Waals surface area contributed by atoms with E-state index in [4.69, 9.17) is 4.74 Å². The van der Waals surface area contributed by atoms with Crippen LogP contribution < -0.4 is 0 Å². The topological polar surface area (TPSA) is 88.9 Å². The van der Waals surface area contributed by atoms with E-state index in [1.165, 1.54) is 21.1 Å². The van der Waals surface area contributed by atoms with E-state index in [9.17, 15) is 18.0 Å². The number of carbonyl (C=O) groups is 2. The quantitative estimate of drug-likeness (QED) is 0.689. The van der Waals surface area contributed by atoms with Crippen LogP contribution in [0.5, 0.6) is 0 Å². The second kappa shape index (κ2) is 8.65. The summed E-state index contributed by atoms with van der Waals surface area (Å²) in [5, 5.41) is 0. The Labute approximate surface area is 166 Å². The smallest absolute Gasteiger partial charge is 0.355 e. The fourth-order valence-corrected chi connectivity index (χ4v) is 5.36. The first-order valence-electron chi connectivity index (χ1n) is 9.97. The van der Waals surface area contributed by atoms with Gasteiger partial charge in [0.25, 0.3) is 5.91 Å². The molecule has 3 rings (SSSR count). The van der Waals surface area contributed by atoms with Crippen LogP contribution in [0.15, 0.2) is 17.2 Å². The highest BCUT2D eigenvalue weighted by molar-refractivity contribution is 7.89. The number of hydrogen-bond acceptors (Lipinski definition) is 5. The lowest BCUT2D eigenvalue weighted by molar-refractivity contribution is -0.139. The molecule has 2 aliphatic rings. The number of hydrogen-bond donors (Lipinski definition) is 0. The van der Waals surface area contributed by atoms with Gasteiger partial charge < -0.3 is 14.2 Å². The second-order valence-electron chi connectivity index (χ2n) is 7.57. The zero-order valence-corrected chi connectivity index (χ0v) is 17.4. The van der Waals surface area contributed by atoms with Crippen molar-refractivity contribution in [2.75, 3.05) is 26.2 Å². The fourth-order valence-electron chi connectivity index (χ4n) is 3.78. The molecule has 156 valence electrons. The first-order chi connectivity index (χ1) is 13.3. The molecule has 1 unspecified atom stereocenters. The molecule has 0 saturated carbocycles. The normalized spacial score (nSPS) is 20.0. The molecule has 0 aromatic carbocycles. The minimum atomic E-state index is -3.61. The molecule has 1 atom stereocenters. The molecule has 9 heteroatoms. The molecule has 0 N–H and O–H groups in total. The SMILES string of the molecule is CC(OC(=O)c1cc(S(=O)(=O)N2CCCC2)cn1C)C(=O)N1CCCCCC1. The Morgan fingerprint density at radius 2 is 1.57 bits per heavy atom. The molecule has 0 aliphatic carbocycles. The average Bonchev–Trinajstić information content (AvgIpc) is 3.25. The Morgan fingerprint density at radius 1 is 1.00 bits per heavy atom. The Bertz CT molecular complexity index is 819. The summed E-state index contributed by atoms with van der Waals surface area (Å²) in [6.07, 6.45) is 6.34. The van der Waals surface area contributed by atoms with Crippen LogP contribution in [0.1, 0.15) is 55.9 Å². The summed E-state index contributed by atoms with van der Waals surface area (Å²) >= 11 is 0. The summed E-state index contributed by atoms with van der Waals surface area (Å²) in [5.41, 5.74) is 0.119. The third-order valence-corrected chi connectivity index (χ3v) is 7.31. The molecule has 0 spiro atoms. The van der Waals surface area contributed by atoms with Crippen LogP contribution in [0, 0.1) is 0 Å². The van der Waals surface area contributed by atoms with Crippen LogP contribution in [-0.2, 0) is 26.6 Å². The lowest BCUT2D eigenvalue weighted by atomic mass is 10.2. The number of sulfonamides is 1. The van der Waals surface area contributed by atoms with Crippen molar-refractivity contribution in [3.63, 3.8) is 0 Å². The first kappa shape index (κ1) is 20.9. The average molecular weight is 412 g/mol. The Morgan fingerprint density at radius 3 is 2.18 bits per heavy atom. The molecule has 2 fully saturated rings. The van der Waals surface area contributed by atoms with Crippen molar-refractivity contribution in [2.45, 2.75) is 56.4 Å². The summed E-state index contributed by atoms with van der Waals surface area (Å²) in [4.78, 5) is 27.0. The van der Waals surface area contributed by atoms with Crippen molar-refractivity contribution in [1.29, 1.82) is 0 Å². The first-order valence-corrected chi connectivity index (χ1v) is 11.4. The van der Waals surface area contributed by atoms with Gasteiger partial charge in [0.05, 0.1) is 0 Å². The predicted molar refractivity (Wildman–Crippen MR) is 103 cm³/mol. The van der Waals surface area contributed by atoms with Crippen LogP contribution in [-0.4, -0.2) is 66.3 Å². The second-order valence-corrected chi connectivity index (χ2v) is 9.51. The van der Waals surface area contributed by atoms with E-state index < -0.39 is 22.1 Å². The van der Waals surface area contributed by atoms with Crippen molar-refractivity contribution >= 4 is 21.9 Å². The fraction of sp³-hybridized carbons (Fsp3) is 0.684. The lowest BCUT2D eigenvalue weighted by Crippen LogP contribution is -2.40. The number of likely N-dealkylation sites (tertiary alicyclic amines) is 1. The van der Waals surface area contributed by atoms with Crippen molar-refractivity contribution in [2.24, 2.45) is 7.05 Å². The zero-order chi connectivity index (χ0) is 20.3.